The van der Waals surface area contributed by atoms with Crippen molar-refractivity contribution in [1.29, 1.82) is 0 Å². The van der Waals surface area contributed by atoms with Gasteiger partial charge in [0.05, 0.1) is 54.9 Å². The summed E-state index contributed by atoms with van der Waals surface area (Å²) in [5, 5.41) is 84.9. The van der Waals surface area contributed by atoms with Crippen molar-refractivity contribution in [2.75, 3.05) is 0 Å². The number of hydrogen-bond donors (Lipinski definition) is 9. The van der Waals surface area contributed by atoms with Crippen LogP contribution in [0.4, 0.5) is 0 Å². The van der Waals surface area contributed by atoms with E-state index >= 15 is 0 Å². The van der Waals surface area contributed by atoms with Crippen LogP contribution in [0.25, 0.3) is 0 Å². The number of allylic oxidation sites excluding steroid dienone is 6. The van der Waals surface area contributed by atoms with E-state index in [2.05, 4.69) is 0 Å². The molecule has 3 aliphatic rings. The minimum absolute atomic E-state index is 0.120. The van der Waals surface area contributed by atoms with Gasteiger partial charge in [-0.3, -0.25) is 4.79 Å². The van der Waals surface area contributed by atoms with E-state index in [0.717, 1.165) is 12.2 Å². The van der Waals surface area contributed by atoms with Crippen molar-refractivity contribution in [3.63, 3.8) is 0 Å². The summed E-state index contributed by atoms with van der Waals surface area (Å²) < 4.78 is 23.0. The Balaban J connectivity index is 1.95. The molecule has 282 valence electrons. The molecule has 50 heavy (non-hydrogen) atoms. The third kappa shape index (κ3) is 11.9. The van der Waals surface area contributed by atoms with E-state index in [1.807, 2.05) is 13.0 Å². The van der Waals surface area contributed by atoms with Crippen molar-refractivity contribution in [2.45, 2.75) is 132 Å². The number of aliphatic carboxylic acids is 1. The highest BCUT2D eigenvalue weighted by molar-refractivity contribution is 5.82. The van der Waals surface area contributed by atoms with Gasteiger partial charge in [0, 0.05) is 37.7 Å². The number of carbonyl (C=O) groups excluding carboxylic acids is 1. The fourth-order valence-corrected chi connectivity index (χ4v) is 6.28. The average Bonchev–Trinajstić information content (AvgIpc) is 3.02. The molecule has 0 saturated carbocycles. The average molecular weight is 712 g/mol. The third-order valence-corrected chi connectivity index (χ3v) is 9.18. The first-order valence-electron chi connectivity index (χ1n) is 16.9. The van der Waals surface area contributed by atoms with Crippen LogP contribution in [0.1, 0.15) is 52.9 Å². The van der Waals surface area contributed by atoms with Gasteiger partial charge in [-0.05, 0) is 26.3 Å². The summed E-state index contributed by atoms with van der Waals surface area (Å²) in [5.74, 6) is -6.09. The molecule has 0 aromatic heterocycles. The van der Waals surface area contributed by atoms with Crippen LogP contribution in [-0.2, 0) is 28.5 Å². The van der Waals surface area contributed by atoms with Crippen molar-refractivity contribution in [1.82, 2.24) is 0 Å². The van der Waals surface area contributed by atoms with Crippen molar-refractivity contribution in [3.05, 3.63) is 60.8 Å². The smallest absolute Gasteiger partial charge is 0.330 e. The zero-order valence-corrected chi connectivity index (χ0v) is 28.5. The van der Waals surface area contributed by atoms with Gasteiger partial charge < -0.3 is 65.5 Å². The summed E-state index contributed by atoms with van der Waals surface area (Å²) >= 11 is 0. The van der Waals surface area contributed by atoms with Crippen LogP contribution >= 0.6 is 0 Å². The van der Waals surface area contributed by atoms with Crippen molar-refractivity contribution in [3.8, 4) is 0 Å². The van der Waals surface area contributed by atoms with E-state index in [9.17, 15) is 50.4 Å². The van der Waals surface area contributed by atoms with Gasteiger partial charge in [0.25, 0.3) is 0 Å². The number of carboxylic acids is 1. The second-order valence-corrected chi connectivity index (χ2v) is 13.2. The molecule has 0 aromatic carbocycles. The maximum absolute atomic E-state index is 12.4. The van der Waals surface area contributed by atoms with Crippen LogP contribution in [0.15, 0.2) is 60.8 Å². The molecule has 3 aliphatic heterocycles. The minimum Gasteiger partial charge on any atom is -0.481 e. The molecule has 0 amide bonds. The largest absolute Gasteiger partial charge is 0.481 e. The molecule has 15 heteroatoms. The monoisotopic (exact) mass is 711 g/mol. The maximum atomic E-state index is 12.4. The summed E-state index contributed by atoms with van der Waals surface area (Å²) in [5.41, 5.74) is 5.97. The fraction of sp³-hybridized carbons (Fsp3) is 0.657. The number of rotatable bonds is 4. The number of carboxylic acid groups (broad SMARTS) is 1. The van der Waals surface area contributed by atoms with Crippen molar-refractivity contribution >= 4 is 11.9 Å². The molecule has 0 spiro atoms. The zero-order valence-electron chi connectivity index (χ0n) is 28.5. The Morgan fingerprint density at radius 3 is 2.18 bits per heavy atom. The molecule has 0 aliphatic carbocycles. The Labute approximate surface area is 291 Å². The van der Waals surface area contributed by atoms with Crippen LogP contribution < -0.4 is 5.73 Å². The molecule has 0 radical (unpaired) electrons. The Morgan fingerprint density at radius 2 is 1.54 bits per heavy atom. The standard InChI is InChI=1S/C35H53NO14/c1-4-21-11-9-7-5-6-8-10-12-23(49-34-32(43)30(36)31(42)20(3)48-34)16-27-29(33(44)45)26(40)18-35(46,50-27)17-22(37)15-25(39)24(38)13-14-28(41)47-19(21)2/h5-14,19-27,29-32,34,37-40,42-43,46H,4,15-18,36H2,1-3H3,(H,44,45)/b7-5+,8-6+,11-9+,12-10+,14-13+/t19?,20-,21?,22?,23?,24?,25?,26?,27?,29?,30+,31-,32+,34?,35?/m1/s1. The van der Waals surface area contributed by atoms with E-state index in [1.165, 1.54) is 6.08 Å². The van der Waals surface area contributed by atoms with Crippen LogP contribution in [0.2, 0.25) is 0 Å². The molecule has 2 fully saturated rings. The van der Waals surface area contributed by atoms with Gasteiger partial charge in [0.2, 0.25) is 0 Å². The van der Waals surface area contributed by atoms with Crippen molar-refractivity contribution in [2.24, 2.45) is 17.6 Å². The van der Waals surface area contributed by atoms with Gasteiger partial charge in [-0.1, -0.05) is 55.5 Å². The molecule has 15 atom stereocenters. The number of ether oxygens (including phenoxy) is 4. The summed E-state index contributed by atoms with van der Waals surface area (Å²) in [6.07, 6.45) is 0.278. The summed E-state index contributed by atoms with van der Waals surface area (Å²) in [4.78, 5) is 24.7. The van der Waals surface area contributed by atoms with E-state index in [4.69, 9.17) is 24.7 Å². The van der Waals surface area contributed by atoms with Crippen LogP contribution in [-0.4, -0.2) is 132 Å². The topological polar surface area (TPSA) is 259 Å². The lowest BCUT2D eigenvalue weighted by Crippen LogP contribution is -2.61. The van der Waals surface area contributed by atoms with E-state index < -0.39 is 116 Å². The lowest BCUT2D eigenvalue weighted by molar-refractivity contribution is -0.308. The molecule has 2 saturated heterocycles. The predicted octanol–water partition coefficient (Wildman–Crippen LogP) is -0.290. The lowest BCUT2D eigenvalue weighted by atomic mass is 9.82. The fourth-order valence-electron chi connectivity index (χ4n) is 6.28. The van der Waals surface area contributed by atoms with E-state index in [-0.39, 0.29) is 12.3 Å². The number of fused-ring (bicyclic) bond motifs is 2. The number of carbonyl (C=O) groups is 2. The van der Waals surface area contributed by atoms with Gasteiger partial charge in [-0.15, -0.1) is 0 Å². The molecular formula is C35H53NO14. The highest BCUT2D eigenvalue weighted by atomic mass is 16.7. The molecule has 0 aromatic rings. The number of hydrogen-bond acceptors (Lipinski definition) is 14. The summed E-state index contributed by atoms with van der Waals surface area (Å²) in [6, 6.07) is -1.11. The van der Waals surface area contributed by atoms with Crippen LogP contribution in [0, 0.1) is 11.8 Å². The Bertz CT molecular complexity index is 1250. The van der Waals surface area contributed by atoms with Crippen LogP contribution in [0.5, 0.6) is 0 Å². The zero-order chi connectivity index (χ0) is 37.2. The number of nitrogens with two attached hydrogens (primary N) is 1. The first kappa shape index (κ1) is 41.6. The Hall–Kier alpha value is -2.80. The molecule has 11 unspecified atom stereocenters. The molecule has 3 heterocycles. The highest BCUT2D eigenvalue weighted by Crippen LogP contribution is 2.38. The number of aliphatic hydroxyl groups is 7. The van der Waals surface area contributed by atoms with Gasteiger partial charge in [-0.25, -0.2) is 4.79 Å². The summed E-state index contributed by atoms with van der Waals surface area (Å²) in [6.45, 7) is 5.21. The number of esters is 1. The lowest BCUT2D eigenvalue weighted by Gasteiger charge is -2.45. The molecular weight excluding hydrogens is 658 g/mol. The first-order valence-corrected chi connectivity index (χ1v) is 16.9. The normalized spacial score (nSPS) is 46.0. The maximum Gasteiger partial charge on any atom is 0.330 e. The minimum atomic E-state index is -2.27. The number of cyclic esters (lactones) is 1. The second kappa shape index (κ2) is 19.2. The molecule has 15 nitrogen and oxygen atoms in total. The third-order valence-electron chi connectivity index (χ3n) is 9.18. The second-order valence-electron chi connectivity index (χ2n) is 13.2. The van der Waals surface area contributed by atoms with E-state index in [0.29, 0.717) is 6.42 Å². The predicted molar refractivity (Wildman–Crippen MR) is 178 cm³/mol. The Kier molecular flexibility index (Phi) is 15.9. The van der Waals surface area contributed by atoms with Crippen molar-refractivity contribution < 1.29 is 69.4 Å². The van der Waals surface area contributed by atoms with Gasteiger partial charge in [-0.2, -0.15) is 0 Å². The van der Waals surface area contributed by atoms with Gasteiger partial charge >= 0.3 is 11.9 Å². The molecule has 10 N–H and O–H groups in total. The summed E-state index contributed by atoms with van der Waals surface area (Å²) in [7, 11) is 0. The van der Waals surface area contributed by atoms with Gasteiger partial charge in [0.15, 0.2) is 12.1 Å². The van der Waals surface area contributed by atoms with Crippen LogP contribution in [0.3, 0.4) is 0 Å². The SMILES string of the molecule is CCC1/C=C/C=C/C=C/C=C/C(OC2O[C@H](C)[C@@H](O)[C@H](N)[C@@H]2O)CC2OC(O)(CC(O)CC(O)C(O)/C=C/C(=O)OC1C)CC(O)C2C(=O)O. The molecule has 3 rings (SSSR count). The highest BCUT2D eigenvalue weighted by Gasteiger charge is 2.51. The number of aliphatic hydroxyl groups excluding tert-OH is 6. The quantitative estimate of drug-likeness (QED) is 0.170. The first-order chi connectivity index (χ1) is 23.5. The Morgan fingerprint density at radius 1 is 0.900 bits per heavy atom. The molecule has 2 bridgehead atoms. The van der Waals surface area contributed by atoms with E-state index in [1.54, 1.807) is 50.3 Å². The van der Waals surface area contributed by atoms with Gasteiger partial charge in [0.1, 0.15) is 18.1 Å².